The fraction of sp³-hybridized carbons (Fsp3) is 0.714. The number of benzene rings is 1. The second-order valence-electron chi connectivity index (χ2n) is 9.31. The topological polar surface area (TPSA) is 40.5 Å². The van der Waals surface area contributed by atoms with Crippen molar-refractivity contribution in [1.29, 1.82) is 0 Å². The first-order valence-corrected chi connectivity index (χ1v) is 9.18. The van der Waals surface area contributed by atoms with Crippen LogP contribution in [0.15, 0.2) is 18.2 Å². The maximum absolute atomic E-state index is 10.7. The number of rotatable bonds is 0. The van der Waals surface area contributed by atoms with Crippen LogP contribution in [0, 0.1) is 16.2 Å². The molecule has 3 aliphatic rings. The van der Waals surface area contributed by atoms with Crippen molar-refractivity contribution < 1.29 is 10.2 Å². The zero-order valence-corrected chi connectivity index (χ0v) is 14.9. The lowest BCUT2D eigenvalue weighted by Gasteiger charge is -2.68. The number of aromatic hydroxyl groups is 1. The van der Waals surface area contributed by atoms with E-state index < -0.39 is 0 Å². The van der Waals surface area contributed by atoms with Gasteiger partial charge in [-0.1, -0.05) is 33.8 Å². The van der Waals surface area contributed by atoms with E-state index in [0.717, 1.165) is 38.5 Å². The summed E-state index contributed by atoms with van der Waals surface area (Å²) in [5.74, 6) is 0.388. The lowest BCUT2D eigenvalue weighted by Crippen LogP contribution is -2.63. The minimum absolute atomic E-state index is 0.0374. The van der Waals surface area contributed by atoms with E-state index >= 15 is 0 Å². The molecule has 2 N–H and O–H groups in total. The van der Waals surface area contributed by atoms with E-state index in [-0.39, 0.29) is 27.8 Å². The SMILES string of the molecule is CC12CCC3(C)C(O)CCC3(C)C1(C)CCc1cc(O)ccc12. The first-order valence-electron chi connectivity index (χ1n) is 9.18. The summed E-state index contributed by atoms with van der Waals surface area (Å²) in [4.78, 5) is 0. The van der Waals surface area contributed by atoms with E-state index in [2.05, 4.69) is 33.8 Å². The van der Waals surface area contributed by atoms with Gasteiger partial charge in [0.15, 0.2) is 0 Å². The van der Waals surface area contributed by atoms with Crippen LogP contribution in [0.3, 0.4) is 0 Å². The summed E-state index contributed by atoms with van der Waals surface area (Å²) >= 11 is 0. The number of hydrogen-bond donors (Lipinski definition) is 2. The van der Waals surface area contributed by atoms with Crippen LogP contribution in [0.25, 0.3) is 0 Å². The van der Waals surface area contributed by atoms with Gasteiger partial charge in [-0.15, -0.1) is 0 Å². The Balaban J connectivity index is 1.91. The molecule has 3 aliphatic carbocycles. The fourth-order valence-corrected chi connectivity index (χ4v) is 6.83. The lowest BCUT2D eigenvalue weighted by atomic mass is 9.36. The van der Waals surface area contributed by atoms with Gasteiger partial charge >= 0.3 is 0 Å². The van der Waals surface area contributed by atoms with Crippen LogP contribution in [-0.4, -0.2) is 16.3 Å². The van der Waals surface area contributed by atoms with Crippen molar-refractivity contribution >= 4 is 0 Å². The summed E-state index contributed by atoms with van der Waals surface area (Å²) in [6.45, 7) is 9.71. The average molecular weight is 314 g/mol. The molecule has 5 unspecified atom stereocenters. The van der Waals surface area contributed by atoms with Crippen molar-refractivity contribution in [3.63, 3.8) is 0 Å². The average Bonchev–Trinajstić information content (AvgIpc) is 2.75. The molecule has 2 fully saturated rings. The maximum atomic E-state index is 10.7. The second-order valence-corrected chi connectivity index (χ2v) is 9.31. The molecule has 0 bridgehead atoms. The van der Waals surface area contributed by atoms with Crippen molar-refractivity contribution in [1.82, 2.24) is 0 Å². The minimum atomic E-state index is -0.157. The van der Waals surface area contributed by atoms with Gasteiger partial charge in [0.1, 0.15) is 5.75 Å². The summed E-state index contributed by atoms with van der Waals surface area (Å²) in [5, 5.41) is 20.6. The molecule has 0 aliphatic heterocycles. The summed E-state index contributed by atoms with van der Waals surface area (Å²) in [6.07, 6.45) is 6.33. The van der Waals surface area contributed by atoms with E-state index in [1.165, 1.54) is 11.1 Å². The molecule has 4 rings (SSSR count). The molecule has 0 amide bonds. The van der Waals surface area contributed by atoms with Gasteiger partial charge in [-0.25, -0.2) is 0 Å². The van der Waals surface area contributed by atoms with E-state index in [1.807, 2.05) is 12.1 Å². The van der Waals surface area contributed by atoms with Crippen LogP contribution in [0.1, 0.15) is 70.9 Å². The minimum Gasteiger partial charge on any atom is -0.508 e. The molecule has 0 heterocycles. The monoisotopic (exact) mass is 314 g/mol. The summed E-state index contributed by atoms with van der Waals surface area (Å²) in [6, 6.07) is 5.99. The number of phenolic OH excluding ortho intramolecular Hbond substituents is 1. The third kappa shape index (κ3) is 1.54. The highest BCUT2D eigenvalue weighted by Crippen LogP contribution is 2.75. The van der Waals surface area contributed by atoms with Crippen LogP contribution in [0.5, 0.6) is 5.75 Å². The molecular weight excluding hydrogens is 284 g/mol. The Bertz CT molecular complexity index is 668. The van der Waals surface area contributed by atoms with Crippen LogP contribution >= 0.6 is 0 Å². The Kier molecular flexibility index (Phi) is 2.92. The molecule has 1 aromatic carbocycles. The van der Waals surface area contributed by atoms with E-state index in [9.17, 15) is 10.2 Å². The zero-order valence-electron chi connectivity index (χ0n) is 14.9. The Morgan fingerprint density at radius 3 is 2.43 bits per heavy atom. The molecule has 0 radical (unpaired) electrons. The first kappa shape index (κ1) is 15.5. The molecule has 0 aromatic heterocycles. The first-order chi connectivity index (χ1) is 10.7. The third-order valence-electron chi connectivity index (χ3n) is 9.07. The van der Waals surface area contributed by atoms with Gasteiger partial charge in [0.2, 0.25) is 0 Å². The Morgan fingerprint density at radius 2 is 1.70 bits per heavy atom. The number of aliphatic hydroxyl groups excluding tert-OH is 1. The highest BCUT2D eigenvalue weighted by Gasteiger charge is 2.70. The van der Waals surface area contributed by atoms with Crippen LogP contribution in [0.2, 0.25) is 0 Å². The standard InChI is InChI=1S/C21H30O2/c1-18-11-12-19(2)17(23)8-10-21(19,4)20(18,3)9-7-14-13-15(22)5-6-16(14)18/h5-6,13,17,22-23H,7-12H2,1-4H3. The normalized spacial score (nSPS) is 48.5. The van der Waals surface area contributed by atoms with Gasteiger partial charge in [0, 0.05) is 0 Å². The van der Waals surface area contributed by atoms with Crippen molar-refractivity contribution in [2.75, 3.05) is 0 Å². The van der Waals surface area contributed by atoms with Crippen LogP contribution in [-0.2, 0) is 11.8 Å². The van der Waals surface area contributed by atoms with Gasteiger partial charge in [0.05, 0.1) is 6.10 Å². The fourth-order valence-electron chi connectivity index (χ4n) is 6.83. The number of hydrogen-bond acceptors (Lipinski definition) is 2. The van der Waals surface area contributed by atoms with E-state index in [0.29, 0.717) is 5.75 Å². The number of aliphatic hydroxyl groups is 1. The predicted molar refractivity (Wildman–Crippen MR) is 92.6 cm³/mol. The molecular formula is C21H30O2. The number of aryl methyl sites for hydroxylation is 1. The molecule has 2 nitrogen and oxygen atoms in total. The van der Waals surface area contributed by atoms with Crippen molar-refractivity contribution in [2.24, 2.45) is 16.2 Å². The Hall–Kier alpha value is -1.02. The van der Waals surface area contributed by atoms with Crippen molar-refractivity contribution in [3.05, 3.63) is 29.3 Å². The maximum Gasteiger partial charge on any atom is 0.115 e. The predicted octanol–water partition coefficient (Wildman–Crippen LogP) is 4.56. The van der Waals surface area contributed by atoms with Crippen molar-refractivity contribution in [2.45, 2.75) is 77.7 Å². The third-order valence-corrected chi connectivity index (χ3v) is 9.07. The molecule has 1 aromatic rings. The van der Waals surface area contributed by atoms with E-state index in [1.54, 1.807) is 0 Å². The molecule has 0 spiro atoms. The quantitative estimate of drug-likeness (QED) is 0.737. The summed E-state index contributed by atoms with van der Waals surface area (Å²) in [7, 11) is 0. The van der Waals surface area contributed by atoms with Gasteiger partial charge in [0.25, 0.3) is 0 Å². The Morgan fingerprint density at radius 1 is 0.957 bits per heavy atom. The van der Waals surface area contributed by atoms with Crippen LogP contribution in [0.4, 0.5) is 0 Å². The number of fused-ring (bicyclic) bond motifs is 5. The van der Waals surface area contributed by atoms with Gasteiger partial charge in [-0.05, 0) is 83.4 Å². The Labute approximate surface area is 139 Å². The van der Waals surface area contributed by atoms with Gasteiger partial charge in [-0.2, -0.15) is 0 Å². The highest BCUT2D eigenvalue weighted by atomic mass is 16.3. The van der Waals surface area contributed by atoms with Gasteiger partial charge < -0.3 is 10.2 Å². The number of phenols is 1. The molecule has 2 heteroatoms. The zero-order chi connectivity index (χ0) is 16.7. The molecule has 5 atom stereocenters. The molecule has 126 valence electrons. The molecule has 23 heavy (non-hydrogen) atoms. The summed E-state index contributed by atoms with van der Waals surface area (Å²) < 4.78 is 0. The molecule has 2 saturated carbocycles. The van der Waals surface area contributed by atoms with E-state index in [4.69, 9.17) is 0 Å². The lowest BCUT2D eigenvalue weighted by molar-refractivity contribution is -0.163. The van der Waals surface area contributed by atoms with Crippen molar-refractivity contribution in [3.8, 4) is 5.75 Å². The highest BCUT2D eigenvalue weighted by molar-refractivity contribution is 5.45. The van der Waals surface area contributed by atoms with Crippen LogP contribution < -0.4 is 0 Å². The second kappa shape index (κ2) is 4.33. The summed E-state index contributed by atoms with van der Waals surface area (Å²) in [5.41, 5.74) is 3.29. The largest absolute Gasteiger partial charge is 0.508 e. The smallest absolute Gasteiger partial charge is 0.115 e. The van der Waals surface area contributed by atoms with Gasteiger partial charge in [-0.3, -0.25) is 0 Å². The molecule has 0 saturated heterocycles.